The molecule has 0 saturated carbocycles. The van der Waals surface area contributed by atoms with E-state index in [-0.39, 0.29) is 0 Å². The maximum absolute atomic E-state index is 13.2. The summed E-state index contributed by atoms with van der Waals surface area (Å²) in [5, 5.41) is 3.65. The Morgan fingerprint density at radius 3 is 2.33 bits per heavy atom. The zero-order chi connectivity index (χ0) is 13.1. The van der Waals surface area contributed by atoms with Crippen LogP contribution in [0.1, 0.15) is 5.56 Å². The molecular formula is C14H12ClF2N. The summed E-state index contributed by atoms with van der Waals surface area (Å²) in [6.45, 7) is 0.621. The minimum absolute atomic E-state index is 0.621. The molecule has 0 aromatic heterocycles. The fraction of sp³-hybridized carbons (Fsp3) is 0.143. The van der Waals surface area contributed by atoms with Crippen molar-refractivity contribution in [3.63, 3.8) is 0 Å². The summed E-state index contributed by atoms with van der Waals surface area (Å²) in [7, 11) is 1.82. The largest absolute Gasteiger partial charge is 0.316 e. The summed E-state index contributed by atoms with van der Waals surface area (Å²) < 4.78 is 26.1. The molecule has 0 unspecified atom stereocenters. The Hall–Kier alpha value is -1.45. The minimum Gasteiger partial charge on any atom is -0.316 e. The van der Waals surface area contributed by atoms with Gasteiger partial charge in [-0.1, -0.05) is 23.7 Å². The summed E-state index contributed by atoms with van der Waals surface area (Å²) in [4.78, 5) is 0. The zero-order valence-corrected chi connectivity index (χ0v) is 10.6. The van der Waals surface area contributed by atoms with E-state index in [4.69, 9.17) is 11.6 Å². The standard InChI is InChI=1S/C14H12ClF2N/c1-18-8-11-6-9(2-4-12(11)15)10-3-5-13(16)14(17)7-10/h2-7,18H,8H2,1H3. The van der Waals surface area contributed by atoms with Crippen molar-refractivity contribution in [2.24, 2.45) is 0 Å². The minimum atomic E-state index is -0.849. The number of rotatable bonds is 3. The Balaban J connectivity index is 2.44. The van der Waals surface area contributed by atoms with Gasteiger partial charge in [0, 0.05) is 11.6 Å². The van der Waals surface area contributed by atoms with Gasteiger partial charge in [0.1, 0.15) is 0 Å². The molecule has 0 aliphatic carbocycles. The summed E-state index contributed by atoms with van der Waals surface area (Å²) in [6, 6.07) is 9.26. The van der Waals surface area contributed by atoms with Crippen molar-refractivity contribution in [2.45, 2.75) is 6.54 Å². The average molecular weight is 268 g/mol. The Bertz CT molecular complexity index is 570. The highest BCUT2D eigenvalue weighted by Crippen LogP contribution is 2.26. The van der Waals surface area contributed by atoms with Crippen molar-refractivity contribution in [3.8, 4) is 11.1 Å². The van der Waals surface area contributed by atoms with Gasteiger partial charge in [0.15, 0.2) is 11.6 Å². The Morgan fingerprint density at radius 2 is 1.67 bits per heavy atom. The van der Waals surface area contributed by atoms with E-state index in [1.54, 1.807) is 18.2 Å². The Morgan fingerprint density at radius 1 is 1.00 bits per heavy atom. The molecule has 2 rings (SSSR count). The van der Waals surface area contributed by atoms with E-state index in [1.807, 2.05) is 13.1 Å². The molecule has 0 spiro atoms. The summed E-state index contributed by atoms with van der Waals surface area (Å²) in [6.07, 6.45) is 0. The van der Waals surface area contributed by atoms with Crippen LogP contribution in [-0.4, -0.2) is 7.05 Å². The number of nitrogens with one attached hydrogen (secondary N) is 1. The van der Waals surface area contributed by atoms with Crippen molar-refractivity contribution in [1.29, 1.82) is 0 Å². The Labute approximate surface area is 109 Å². The van der Waals surface area contributed by atoms with Crippen LogP contribution in [0.25, 0.3) is 11.1 Å². The van der Waals surface area contributed by atoms with E-state index >= 15 is 0 Å². The van der Waals surface area contributed by atoms with Crippen molar-refractivity contribution in [1.82, 2.24) is 5.32 Å². The molecule has 0 atom stereocenters. The lowest BCUT2D eigenvalue weighted by molar-refractivity contribution is 0.509. The van der Waals surface area contributed by atoms with Gasteiger partial charge in [-0.15, -0.1) is 0 Å². The highest BCUT2D eigenvalue weighted by Gasteiger charge is 2.07. The van der Waals surface area contributed by atoms with Gasteiger partial charge in [-0.25, -0.2) is 8.78 Å². The highest BCUT2D eigenvalue weighted by atomic mass is 35.5. The quantitative estimate of drug-likeness (QED) is 0.886. The molecule has 0 amide bonds. The maximum atomic E-state index is 13.2. The van der Waals surface area contributed by atoms with E-state index in [1.165, 1.54) is 6.07 Å². The van der Waals surface area contributed by atoms with Crippen LogP contribution in [0.2, 0.25) is 5.02 Å². The second-order valence-corrected chi connectivity index (χ2v) is 4.37. The molecule has 0 bridgehead atoms. The predicted octanol–water partition coefficient (Wildman–Crippen LogP) is 4.00. The lowest BCUT2D eigenvalue weighted by Gasteiger charge is -2.08. The third kappa shape index (κ3) is 2.68. The molecule has 0 saturated heterocycles. The average Bonchev–Trinajstić information content (AvgIpc) is 2.36. The molecule has 18 heavy (non-hydrogen) atoms. The van der Waals surface area contributed by atoms with Crippen LogP contribution in [-0.2, 0) is 6.54 Å². The van der Waals surface area contributed by atoms with E-state index in [0.717, 1.165) is 17.2 Å². The van der Waals surface area contributed by atoms with Gasteiger partial charge in [0.25, 0.3) is 0 Å². The first kappa shape index (κ1) is 13.0. The number of hydrogen-bond donors (Lipinski definition) is 1. The van der Waals surface area contributed by atoms with Crippen LogP contribution < -0.4 is 5.32 Å². The van der Waals surface area contributed by atoms with Gasteiger partial charge in [-0.05, 0) is 48.0 Å². The fourth-order valence-corrected chi connectivity index (χ4v) is 1.94. The van der Waals surface area contributed by atoms with Crippen molar-refractivity contribution >= 4 is 11.6 Å². The third-order valence-electron chi connectivity index (χ3n) is 2.67. The van der Waals surface area contributed by atoms with E-state index in [9.17, 15) is 8.78 Å². The molecule has 0 aliphatic heterocycles. The first-order valence-corrected chi connectivity index (χ1v) is 5.88. The SMILES string of the molecule is CNCc1cc(-c2ccc(F)c(F)c2)ccc1Cl. The molecular weight excluding hydrogens is 256 g/mol. The van der Waals surface area contributed by atoms with Crippen LogP contribution in [0.5, 0.6) is 0 Å². The van der Waals surface area contributed by atoms with Crippen LogP contribution >= 0.6 is 11.6 Å². The van der Waals surface area contributed by atoms with Crippen molar-refractivity contribution < 1.29 is 8.78 Å². The molecule has 0 heterocycles. The molecule has 2 aromatic rings. The summed E-state index contributed by atoms with van der Waals surface area (Å²) in [5.41, 5.74) is 2.35. The van der Waals surface area contributed by atoms with Gasteiger partial charge in [-0.2, -0.15) is 0 Å². The monoisotopic (exact) mass is 267 g/mol. The second-order valence-electron chi connectivity index (χ2n) is 3.97. The summed E-state index contributed by atoms with van der Waals surface area (Å²) in [5.74, 6) is -1.69. The van der Waals surface area contributed by atoms with Crippen LogP contribution in [0, 0.1) is 11.6 Å². The van der Waals surface area contributed by atoms with Gasteiger partial charge in [-0.3, -0.25) is 0 Å². The van der Waals surface area contributed by atoms with Gasteiger partial charge in [0.05, 0.1) is 0 Å². The van der Waals surface area contributed by atoms with Gasteiger partial charge < -0.3 is 5.32 Å². The number of hydrogen-bond acceptors (Lipinski definition) is 1. The molecule has 0 fully saturated rings. The lowest BCUT2D eigenvalue weighted by Crippen LogP contribution is -2.05. The van der Waals surface area contributed by atoms with E-state index in [2.05, 4.69) is 5.32 Å². The lowest BCUT2D eigenvalue weighted by atomic mass is 10.0. The van der Waals surface area contributed by atoms with Crippen LogP contribution in [0.4, 0.5) is 8.78 Å². The molecule has 2 aromatic carbocycles. The smallest absolute Gasteiger partial charge is 0.159 e. The Kier molecular flexibility index (Phi) is 3.94. The molecule has 1 N–H and O–H groups in total. The fourth-order valence-electron chi connectivity index (χ4n) is 1.76. The van der Waals surface area contributed by atoms with Gasteiger partial charge in [0.2, 0.25) is 0 Å². The second kappa shape index (κ2) is 5.46. The topological polar surface area (TPSA) is 12.0 Å². The molecule has 4 heteroatoms. The highest BCUT2D eigenvalue weighted by molar-refractivity contribution is 6.31. The van der Waals surface area contributed by atoms with Crippen molar-refractivity contribution in [2.75, 3.05) is 7.05 Å². The molecule has 0 aliphatic rings. The first-order valence-electron chi connectivity index (χ1n) is 5.50. The van der Waals surface area contributed by atoms with E-state index in [0.29, 0.717) is 17.1 Å². The van der Waals surface area contributed by atoms with E-state index < -0.39 is 11.6 Å². The first-order chi connectivity index (χ1) is 8.61. The van der Waals surface area contributed by atoms with Gasteiger partial charge >= 0.3 is 0 Å². The summed E-state index contributed by atoms with van der Waals surface area (Å²) >= 11 is 6.04. The zero-order valence-electron chi connectivity index (χ0n) is 9.81. The number of halogens is 3. The number of benzene rings is 2. The van der Waals surface area contributed by atoms with Crippen LogP contribution in [0.15, 0.2) is 36.4 Å². The molecule has 1 nitrogen and oxygen atoms in total. The molecule has 0 radical (unpaired) electrons. The van der Waals surface area contributed by atoms with Crippen molar-refractivity contribution in [3.05, 3.63) is 58.6 Å². The van der Waals surface area contributed by atoms with Crippen LogP contribution in [0.3, 0.4) is 0 Å². The maximum Gasteiger partial charge on any atom is 0.159 e. The third-order valence-corrected chi connectivity index (χ3v) is 3.03. The molecule has 94 valence electrons. The predicted molar refractivity (Wildman–Crippen MR) is 69.6 cm³/mol. The normalized spacial score (nSPS) is 10.7.